The molecule has 11 heteroatoms. The van der Waals surface area contributed by atoms with Gasteiger partial charge in [0.05, 0.1) is 42.0 Å². The van der Waals surface area contributed by atoms with Gasteiger partial charge in [-0.15, -0.1) is 0 Å². The first-order chi connectivity index (χ1) is 18.4. The van der Waals surface area contributed by atoms with Crippen molar-refractivity contribution in [3.63, 3.8) is 0 Å². The molecule has 0 aliphatic heterocycles. The summed E-state index contributed by atoms with van der Waals surface area (Å²) < 4.78 is 48.1. The summed E-state index contributed by atoms with van der Waals surface area (Å²) in [5.41, 5.74) is -1.78. The lowest BCUT2D eigenvalue weighted by molar-refractivity contribution is -0.191. The number of rotatable bonds is 9. The molecule has 0 spiro atoms. The molecule has 7 nitrogen and oxygen atoms in total. The second-order valence-electron chi connectivity index (χ2n) is 9.45. The maximum absolute atomic E-state index is 13.9. The van der Waals surface area contributed by atoms with E-state index in [1.807, 2.05) is 6.07 Å². The molecule has 202 valence electrons. The van der Waals surface area contributed by atoms with Gasteiger partial charge >= 0.3 is 12.1 Å². The van der Waals surface area contributed by atoms with E-state index in [9.17, 15) is 32.8 Å². The molecule has 1 aromatic heterocycles. The molecule has 2 aromatic carbocycles. The van der Waals surface area contributed by atoms with Crippen molar-refractivity contribution >= 4 is 23.4 Å². The van der Waals surface area contributed by atoms with Crippen LogP contribution in [0.25, 0.3) is 11.1 Å². The van der Waals surface area contributed by atoms with Crippen molar-refractivity contribution in [2.75, 3.05) is 7.11 Å². The van der Waals surface area contributed by atoms with Crippen molar-refractivity contribution in [3.8, 4) is 22.9 Å². The number of benzene rings is 2. The van der Waals surface area contributed by atoms with Crippen LogP contribution in [0, 0.1) is 16.7 Å². The normalized spacial score (nSPS) is 14.8. The van der Waals surface area contributed by atoms with Crippen LogP contribution >= 0.6 is 11.6 Å². The smallest absolute Gasteiger partial charge is 0.394 e. The van der Waals surface area contributed by atoms with Crippen molar-refractivity contribution in [2.45, 2.75) is 37.9 Å². The summed E-state index contributed by atoms with van der Waals surface area (Å²) in [6.07, 6.45) is -4.66. The molecule has 0 bridgehead atoms. The molecule has 1 heterocycles. The Hall–Kier alpha value is -4.10. The van der Waals surface area contributed by atoms with E-state index in [0.29, 0.717) is 11.1 Å². The number of ether oxygens (including phenoxy) is 1. The van der Waals surface area contributed by atoms with E-state index in [1.165, 1.54) is 55.8 Å². The fourth-order valence-corrected chi connectivity index (χ4v) is 4.73. The number of aromatic carboxylic acids is 1. The van der Waals surface area contributed by atoms with Gasteiger partial charge in [0.1, 0.15) is 5.75 Å². The topological polar surface area (TPSA) is 109 Å². The minimum Gasteiger partial charge on any atom is -0.495 e. The number of nitrogens with zero attached hydrogens (tertiary/aromatic N) is 2. The number of Topliss-reactive ketones (excluding diaryl/α,β-unsaturated/α-hetero) is 1. The zero-order valence-electron chi connectivity index (χ0n) is 20.6. The number of aromatic nitrogens is 1. The Morgan fingerprint density at radius 1 is 1.15 bits per heavy atom. The van der Waals surface area contributed by atoms with Crippen molar-refractivity contribution in [3.05, 3.63) is 86.8 Å². The van der Waals surface area contributed by atoms with Crippen molar-refractivity contribution in [2.24, 2.45) is 5.41 Å². The quantitative estimate of drug-likeness (QED) is 0.354. The van der Waals surface area contributed by atoms with Gasteiger partial charge in [0.25, 0.3) is 5.56 Å². The second kappa shape index (κ2) is 10.6. The molecule has 1 unspecified atom stereocenters. The molecule has 0 amide bonds. The Bertz CT molecular complexity index is 1540. The highest BCUT2D eigenvalue weighted by molar-refractivity contribution is 6.31. The van der Waals surface area contributed by atoms with Crippen molar-refractivity contribution < 1.29 is 32.6 Å². The van der Waals surface area contributed by atoms with Crippen LogP contribution in [0.3, 0.4) is 0 Å². The highest BCUT2D eigenvalue weighted by Crippen LogP contribution is 2.61. The minimum absolute atomic E-state index is 0.00829. The summed E-state index contributed by atoms with van der Waals surface area (Å²) in [6, 6.07) is 11.5. The van der Waals surface area contributed by atoms with Gasteiger partial charge in [-0.2, -0.15) is 18.4 Å². The molecule has 4 rings (SSSR count). The summed E-state index contributed by atoms with van der Waals surface area (Å²) in [5.74, 6) is -1.75. The lowest BCUT2D eigenvalue weighted by Crippen LogP contribution is -2.36. The van der Waals surface area contributed by atoms with Crippen LogP contribution in [-0.4, -0.2) is 34.7 Å². The van der Waals surface area contributed by atoms with Gasteiger partial charge in [0.2, 0.25) is 0 Å². The lowest BCUT2D eigenvalue weighted by atomic mass is 9.90. The van der Waals surface area contributed by atoms with Crippen molar-refractivity contribution in [1.82, 2.24) is 4.57 Å². The van der Waals surface area contributed by atoms with Gasteiger partial charge in [0, 0.05) is 28.6 Å². The van der Waals surface area contributed by atoms with E-state index >= 15 is 0 Å². The Balaban J connectivity index is 1.79. The number of hydrogen-bond acceptors (Lipinski definition) is 5. The van der Waals surface area contributed by atoms with Crippen LogP contribution in [0.1, 0.15) is 46.8 Å². The molecular formula is C28H22ClF3N2O5. The number of carbonyl (C=O) groups is 2. The standard InChI is InChI=1S/C28H22ClF3N2O5/c1-39-24-15-34(25(36)12-21(24)20-11-19(29)7-6-18(20)14-33)22(13-27(8-9-27)28(30,31)32)23(35)10-16-2-4-17(5-3-16)26(37)38/h2-7,11-12,15,22H,8-10,13H2,1H3,(H,37,38). The molecule has 39 heavy (non-hydrogen) atoms. The fourth-order valence-electron chi connectivity index (χ4n) is 4.56. The molecule has 3 aromatic rings. The number of halogens is 4. The SMILES string of the molecule is COc1cn(C(CC2(C(F)(F)F)CC2)C(=O)Cc2ccc(C(=O)O)cc2)c(=O)cc1-c1cc(Cl)ccc1C#N. The fraction of sp³-hybridized carbons (Fsp3) is 0.286. The summed E-state index contributed by atoms with van der Waals surface area (Å²) in [7, 11) is 1.29. The van der Waals surface area contributed by atoms with Gasteiger partial charge in [-0.25, -0.2) is 4.79 Å². The molecule has 0 radical (unpaired) electrons. The summed E-state index contributed by atoms with van der Waals surface area (Å²) >= 11 is 6.09. The second-order valence-corrected chi connectivity index (χ2v) is 9.88. The molecule has 1 atom stereocenters. The molecule has 0 saturated heterocycles. The number of alkyl halides is 3. The van der Waals surface area contributed by atoms with Crippen molar-refractivity contribution in [1.29, 1.82) is 5.26 Å². The molecule has 1 aliphatic rings. The van der Waals surface area contributed by atoms with Gasteiger partial charge in [-0.3, -0.25) is 9.59 Å². The van der Waals surface area contributed by atoms with Gasteiger partial charge in [-0.05, 0) is 55.2 Å². The third kappa shape index (κ3) is 5.68. The van der Waals surface area contributed by atoms with Crippen LogP contribution in [0.5, 0.6) is 5.75 Å². The van der Waals surface area contributed by atoms with Gasteiger partial charge < -0.3 is 14.4 Å². The van der Waals surface area contributed by atoms with Crippen LogP contribution < -0.4 is 10.3 Å². The molecular weight excluding hydrogens is 537 g/mol. The zero-order chi connectivity index (χ0) is 28.5. The van der Waals surface area contributed by atoms with E-state index < -0.39 is 41.4 Å². The Labute approximate surface area is 226 Å². The van der Waals surface area contributed by atoms with Gasteiger partial charge in [-0.1, -0.05) is 23.7 Å². The molecule has 1 fully saturated rings. The Morgan fingerprint density at radius 2 is 1.82 bits per heavy atom. The summed E-state index contributed by atoms with van der Waals surface area (Å²) in [5, 5.41) is 18.9. The number of methoxy groups -OCH3 is 1. The predicted molar refractivity (Wildman–Crippen MR) is 136 cm³/mol. The van der Waals surface area contributed by atoms with Crippen LogP contribution in [0.4, 0.5) is 13.2 Å². The average Bonchev–Trinajstić information content (AvgIpc) is 3.69. The monoisotopic (exact) mass is 558 g/mol. The van der Waals surface area contributed by atoms with Gasteiger partial charge in [0.15, 0.2) is 5.78 Å². The summed E-state index contributed by atoms with van der Waals surface area (Å²) in [4.78, 5) is 37.9. The minimum atomic E-state index is -4.56. The number of ketones is 1. The first-order valence-electron chi connectivity index (χ1n) is 11.8. The number of carbonyl (C=O) groups excluding carboxylic acids is 1. The van der Waals surface area contributed by atoms with Crippen LogP contribution in [0.2, 0.25) is 5.02 Å². The maximum Gasteiger partial charge on any atom is 0.394 e. The number of nitriles is 1. The lowest BCUT2D eigenvalue weighted by Gasteiger charge is -2.27. The van der Waals surface area contributed by atoms with E-state index in [1.54, 1.807) is 0 Å². The van der Waals surface area contributed by atoms with Crippen LogP contribution in [0.15, 0.2) is 59.5 Å². The Kier molecular flexibility index (Phi) is 7.57. The Morgan fingerprint density at radius 3 is 2.36 bits per heavy atom. The third-order valence-corrected chi connectivity index (χ3v) is 7.22. The first kappa shape index (κ1) is 27.9. The molecule has 1 aliphatic carbocycles. The van der Waals surface area contributed by atoms with E-state index in [2.05, 4.69) is 0 Å². The number of carboxylic acid groups (broad SMARTS) is 1. The molecule has 1 saturated carbocycles. The zero-order valence-corrected chi connectivity index (χ0v) is 21.3. The highest BCUT2D eigenvalue weighted by Gasteiger charge is 2.64. The number of carboxylic acids is 1. The highest BCUT2D eigenvalue weighted by atomic mass is 35.5. The van der Waals surface area contributed by atoms with Crippen LogP contribution in [-0.2, 0) is 11.2 Å². The average molecular weight is 559 g/mol. The first-order valence-corrected chi connectivity index (χ1v) is 12.2. The summed E-state index contributed by atoms with van der Waals surface area (Å²) in [6.45, 7) is 0. The number of hydrogen-bond donors (Lipinski definition) is 1. The van der Waals surface area contributed by atoms with E-state index in [-0.39, 0.29) is 46.7 Å². The largest absolute Gasteiger partial charge is 0.495 e. The maximum atomic E-state index is 13.9. The molecule has 1 N–H and O–H groups in total. The van der Waals surface area contributed by atoms with E-state index in [0.717, 1.165) is 10.6 Å². The third-order valence-electron chi connectivity index (χ3n) is 6.98. The predicted octanol–water partition coefficient (Wildman–Crippen LogP) is 5.83. The number of pyridine rings is 1. The van der Waals surface area contributed by atoms with E-state index in [4.69, 9.17) is 21.4 Å².